The molecule has 112 valence electrons. The van der Waals surface area contributed by atoms with Crippen molar-refractivity contribution in [3.8, 4) is 5.75 Å². The Morgan fingerprint density at radius 2 is 2.14 bits per heavy atom. The highest BCUT2D eigenvalue weighted by Gasteiger charge is 2.10. The zero-order valence-electron chi connectivity index (χ0n) is 11.7. The summed E-state index contributed by atoms with van der Waals surface area (Å²) < 4.78 is 8.10. The third-order valence-electron chi connectivity index (χ3n) is 2.89. The zero-order valence-corrected chi connectivity index (χ0v) is 13.3. The van der Waals surface area contributed by atoms with E-state index < -0.39 is 0 Å². The van der Waals surface area contributed by atoms with Crippen LogP contribution in [-0.2, 0) is 11.3 Å². The van der Waals surface area contributed by atoms with Gasteiger partial charge in [-0.1, -0.05) is 15.9 Å². The minimum atomic E-state index is -0.0440. The molecule has 2 N–H and O–H groups in total. The number of hydrogen-bond donors (Lipinski definition) is 1. The molecule has 2 rings (SSSR count). The van der Waals surface area contributed by atoms with E-state index in [-0.39, 0.29) is 12.5 Å². The molecular weight excluding hydrogens is 336 g/mol. The Labute approximate surface area is 131 Å². The van der Waals surface area contributed by atoms with Gasteiger partial charge in [0.2, 0.25) is 5.91 Å². The first-order chi connectivity index (χ1) is 10.0. The van der Waals surface area contributed by atoms with E-state index in [0.29, 0.717) is 18.8 Å². The molecule has 0 aliphatic heterocycles. The maximum atomic E-state index is 12.0. The van der Waals surface area contributed by atoms with E-state index in [0.717, 1.165) is 10.2 Å². The lowest BCUT2D eigenvalue weighted by molar-refractivity contribution is -0.131. The first-order valence-corrected chi connectivity index (χ1v) is 7.24. The van der Waals surface area contributed by atoms with E-state index in [4.69, 9.17) is 10.5 Å². The van der Waals surface area contributed by atoms with Crippen molar-refractivity contribution in [1.29, 1.82) is 0 Å². The molecule has 1 aromatic carbocycles. The number of nitrogens with zero attached hydrogens (tertiary/aromatic N) is 3. The Morgan fingerprint density at radius 3 is 2.76 bits per heavy atom. The van der Waals surface area contributed by atoms with Crippen LogP contribution >= 0.6 is 15.9 Å². The number of carbonyl (C=O) groups is 1. The number of aromatic nitrogens is 2. The summed E-state index contributed by atoms with van der Waals surface area (Å²) in [5.74, 6) is 0.733. The van der Waals surface area contributed by atoms with E-state index in [9.17, 15) is 4.79 Å². The highest BCUT2D eigenvalue weighted by molar-refractivity contribution is 9.10. The van der Waals surface area contributed by atoms with Crippen molar-refractivity contribution >= 4 is 27.5 Å². The predicted octanol–water partition coefficient (Wildman–Crippen LogP) is 1.77. The molecule has 1 amide bonds. The quantitative estimate of drug-likeness (QED) is 0.859. The predicted molar refractivity (Wildman–Crippen MR) is 83.9 cm³/mol. The Balaban J connectivity index is 1.74. The van der Waals surface area contributed by atoms with Gasteiger partial charge in [0.25, 0.3) is 0 Å². The van der Waals surface area contributed by atoms with Crippen molar-refractivity contribution < 1.29 is 9.53 Å². The number of hydrogen-bond acceptors (Lipinski definition) is 4. The van der Waals surface area contributed by atoms with Crippen molar-refractivity contribution in [2.75, 3.05) is 25.9 Å². The number of nitrogens with two attached hydrogens (primary N) is 1. The average Bonchev–Trinajstić information content (AvgIpc) is 2.86. The number of carbonyl (C=O) groups excluding carboxylic acids is 1. The van der Waals surface area contributed by atoms with Crippen molar-refractivity contribution in [3.63, 3.8) is 0 Å². The maximum Gasteiger partial charge on any atom is 0.244 e. The molecule has 0 aliphatic carbocycles. The number of nitrogen functional groups attached to an aromatic ring is 1. The third-order valence-corrected chi connectivity index (χ3v) is 3.41. The fraction of sp³-hybridized carbons (Fsp3) is 0.286. The molecule has 1 heterocycles. The summed E-state index contributed by atoms with van der Waals surface area (Å²) >= 11 is 3.36. The van der Waals surface area contributed by atoms with Crippen LogP contribution in [0.4, 0.5) is 5.69 Å². The smallest absolute Gasteiger partial charge is 0.244 e. The normalized spacial score (nSPS) is 10.4. The van der Waals surface area contributed by atoms with Gasteiger partial charge in [-0.3, -0.25) is 9.48 Å². The lowest BCUT2D eigenvalue weighted by Crippen LogP contribution is -2.33. The van der Waals surface area contributed by atoms with Gasteiger partial charge < -0.3 is 15.4 Å². The second-order valence-electron chi connectivity index (χ2n) is 4.59. The van der Waals surface area contributed by atoms with Crippen LogP contribution in [0.1, 0.15) is 0 Å². The van der Waals surface area contributed by atoms with Gasteiger partial charge in [0, 0.05) is 17.7 Å². The van der Waals surface area contributed by atoms with Gasteiger partial charge in [-0.25, -0.2) is 0 Å². The van der Waals surface area contributed by atoms with E-state index in [1.54, 1.807) is 18.1 Å². The van der Waals surface area contributed by atoms with Crippen LogP contribution in [0.2, 0.25) is 0 Å². The Bertz CT molecular complexity index is 597. The van der Waals surface area contributed by atoms with Gasteiger partial charge in [0.15, 0.2) is 0 Å². The summed E-state index contributed by atoms with van der Waals surface area (Å²) in [5, 5.41) is 3.98. The summed E-state index contributed by atoms with van der Waals surface area (Å²) in [5.41, 5.74) is 6.10. The molecule has 0 atom stereocenters. The molecule has 0 bridgehead atoms. The summed E-state index contributed by atoms with van der Waals surface area (Å²) in [7, 11) is 1.74. The van der Waals surface area contributed by atoms with Gasteiger partial charge in [0.1, 0.15) is 18.9 Å². The fourth-order valence-corrected chi connectivity index (χ4v) is 1.95. The molecule has 0 aliphatic rings. The summed E-state index contributed by atoms with van der Waals surface area (Å²) in [6.07, 6.45) is 3.15. The zero-order chi connectivity index (χ0) is 15.2. The lowest BCUT2D eigenvalue weighted by Gasteiger charge is -2.17. The lowest BCUT2D eigenvalue weighted by atomic mass is 10.3. The largest absolute Gasteiger partial charge is 0.492 e. The number of halogens is 1. The minimum Gasteiger partial charge on any atom is -0.492 e. The Morgan fingerprint density at radius 1 is 1.43 bits per heavy atom. The minimum absolute atomic E-state index is 0.0440. The molecule has 0 radical (unpaired) electrons. The standard InChI is InChI=1S/C14H17BrN4O2/c1-18(14(20)10-19-9-12(16)8-17-19)6-7-21-13-4-2-11(15)3-5-13/h2-5,8-9H,6-7,10,16H2,1H3. The van der Waals surface area contributed by atoms with E-state index in [2.05, 4.69) is 21.0 Å². The molecule has 0 spiro atoms. The molecule has 0 unspecified atom stereocenters. The number of anilines is 1. The maximum absolute atomic E-state index is 12.0. The first kappa shape index (κ1) is 15.4. The number of benzene rings is 1. The van der Waals surface area contributed by atoms with Crippen LogP contribution in [0.15, 0.2) is 41.1 Å². The van der Waals surface area contributed by atoms with Crippen LogP contribution in [0.3, 0.4) is 0 Å². The SMILES string of the molecule is CN(CCOc1ccc(Br)cc1)C(=O)Cn1cc(N)cn1. The Kier molecular flexibility index (Phi) is 5.21. The summed E-state index contributed by atoms with van der Waals surface area (Å²) in [6, 6.07) is 7.56. The summed E-state index contributed by atoms with van der Waals surface area (Å²) in [6.45, 7) is 1.11. The molecule has 0 fully saturated rings. The second-order valence-corrected chi connectivity index (χ2v) is 5.50. The molecule has 1 aromatic heterocycles. The van der Waals surface area contributed by atoms with Crippen molar-refractivity contribution in [1.82, 2.24) is 14.7 Å². The molecule has 2 aromatic rings. The third kappa shape index (κ3) is 4.78. The van der Waals surface area contributed by atoms with E-state index in [1.807, 2.05) is 24.3 Å². The topological polar surface area (TPSA) is 73.4 Å². The van der Waals surface area contributed by atoms with Crippen LogP contribution in [0.5, 0.6) is 5.75 Å². The number of amides is 1. The van der Waals surface area contributed by atoms with Gasteiger partial charge in [-0.15, -0.1) is 0 Å². The van der Waals surface area contributed by atoms with Crippen molar-refractivity contribution in [2.45, 2.75) is 6.54 Å². The van der Waals surface area contributed by atoms with Gasteiger partial charge >= 0.3 is 0 Å². The van der Waals surface area contributed by atoms with Gasteiger partial charge in [-0.2, -0.15) is 5.10 Å². The van der Waals surface area contributed by atoms with Crippen LogP contribution in [0.25, 0.3) is 0 Å². The van der Waals surface area contributed by atoms with Crippen molar-refractivity contribution in [3.05, 3.63) is 41.1 Å². The molecular formula is C14H17BrN4O2. The van der Waals surface area contributed by atoms with E-state index >= 15 is 0 Å². The second kappa shape index (κ2) is 7.12. The average molecular weight is 353 g/mol. The van der Waals surface area contributed by atoms with Crippen LogP contribution in [-0.4, -0.2) is 40.8 Å². The van der Waals surface area contributed by atoms with Gasteiger partial charge in [-0.05, 0) is 24.3 Å². The molecule has 0 saturated heterocycles. The fourth-order valence-electron chi connectivity index (χ4n) is 1.68. The summed E-state index contributed by atoms with van der Waals surface area (Å²) in [4.78, 5) is 13.6. The highest BCUT2D eigenvalue weighted by atomic mass is 79.9. The highest BCUT2D eigenvalue weighted by Crippen LogP contribution is 2.15. The Hall–Kier alpha value is -2.02. The number of likely N-dealkylation sites (N-methyl/N-ethyl adjacent to an activating group) is 1. The molecule has 0 saturated carbocycles. The van der Waals surface area contributed by atoms with Gasteiger partial charge in [0.05, 0.1) is 18.4 Å². The van der Waals surface area contributed by atoms with Crippen LogP contribution in [0, 0.1) is 0 Å². The molecule has 21 heavy (non-hydrogen) atoms. The monoisotopic (exact) mass is 352 g/mol. The molecule has 7 heteroatoms. The van der Waals surface area contributed by atoms with Crippen LogP contribution < -0.4 is 10.5 Å². The first-order valence-electron chi connectivity index (χ1n) is 6.45. The number of rotatable bonds is 6. The van der Waals surface area contributed by atoms with E-state index in [1.165, 1.54) is 10.9 Å². The number of ether oxygens (including phenoxy) is 1. The van der Waals surface area contributed by atoms with Crippen molar-refractivity contribution in [2.24, 2.45) is 0 Å². The molecule has 6 nitrogen and oxygen atoms in total.